The van der Waals surface area contributed by atoms with Gasteiger partial charge in [0.15, 0.2) is 5.13 Å². The summed E-state index contributed by atoms with van der Waals surface area (Å²) in [5, 5.41) is 9.78. The van der Waals surface area contributed by atoms with Gasteiger partial charge in [0.2, 0.25) is 17.7 Å². The highest BCUT2D eigenvalue weighted by atomic mass is 32.2. The molecule has 1 amide bonds. The topological polar surface area (TPSA) is 129 Å². The summed E-state index contributed by atoms with van der Waals surface area (Å²) in [6.07, 6.45) is 7.51. The predicted molar refractivity (Wildman–Crippen MR) is 154 cm³/mol. The molecule has 0 fully saturated rings. The molecule has 0 unspecified atom stereocenters. The molecular weight excluding hydrogens is 541 g/mol. The number of carbonyl (C=O) groups excluding carboxylic acids is 2. The maximum atomic E-state index is 12.5. The third kappa shape index (κ3) is 7.78. The number of nitrogen functional groups attached to an aromatic ring is 1. The second-order valence-electron chi connectivity index (χ2n) is 9.84. The van der Waals surface area contributed by atoms with E-state index in [1.807, 2.05) is 17.5 Å². The number of nitrogens with one attached hydrogen (secondary N) is 1. The van der Waals surface area contributed by atoms with Crippen LogP contribution in [0.3, 0.4) is 0 Å². The maximum Gasteiger partial charge on any atom is 0.248 e. The molecule has 3 N–H and O–H groups in total. The normalized spacial score (nSPS) is 11.7. The predicted octanol–water partition coefficient (Wildman–Crippen LogP) is 6.85. The average Bonchev–Trinajstić information content (AvgIpc) is 3.66. The van der Waals surface area contributed by atoms with Crippen molar-refractivity contribution >= 4 is 57.2 Å². The van der Waals surface area contributed by atoms with E-state index in [1.54, 1.807) is 41.6 Å². The molecule has 0 aliphatic carbocycles. The lowest BCUT2D eigenvalue weighted by atomic mass is 9.94. The van der Waals surface area contributed by atoms with Gasteiger partial charge in [-0.05, 0) is 24.3 Å². The van der Waals surface area contributed by atoms with Crippen LogP contribution in [-0.2, 0) is 16.0 Å². The minimum atomic E-state index is -0.113. The van der Waals surface area contributed by atoms with Gasteiger partial charge in [-0.15, -0.1) is 23.1 Å². The number of anilines is 2. The molecule has 0 aliphatic heterocycles. The molecule has 0 spiro atoms. The second kappa shape index (κ2) is 12.7. The number of rotatable bonds is 12. The summed E-state index contributed by atoms with van der Waals surface area (Å²) in [6, 6.07) is 5.62. The van der Waals surface area contributed by atoms with Crippen LogP contribution < -0.4 is 11.1 Å². The van der Waals surface area contributed by atoms with Gasteiger partial charge in [-0.3, -0.25) is 9.59 Å². The summed E-state index contributed by atoms with van der Waals surface area (Å²) in [5.74, 6) is 2.33. The summed E-state index contributed by atoms with van der Waals surface area (Å²) in [5.41, 5.74) is 6.63. The van der Waals surface area contributed by atoms with Crippen LogP contribution in [0.25, 0.3) is 10.6 Å². The fraction of sp³-hybridized carbons (Fsp3) is 0.423. The molecule has 0 saturated carbocycles. The third-order valence-electron chi connectivity index (χ3n) is 5.65. The number of amides is 1. The number of nitrogens with two attached hydrogens (primary N) is 1. The molecule has 0 atom stereocenters. The Bertz CT molecular complexity index is 1350. The van der Waals surface area contributed by atoms with Crippen LogP contribution in [0, 0.1) is 0 Å². The van der Waals surface area contributed by atoms with E-state index in [1.165, 1.54) is 16.0 Å². The molecule has 0 radical (unpaired) electrons. The lowest BCUT2D eigenvalue weighted by molar-refractivity contribution is -0.116. The van der Waals surface area contributed by atoms with E-state index >= 15 is 0 Å². The van der Waals surface area contributed by atoms with Gasteiger partial charge in [0, 0.05) is 24.3 Å². The van der Waals surface area contributed by atoms with Crippen LogP contribution in [0.5, 0.6) is 0 Å². The Morgan fingerprint density at radius 3 is 2.63 bits per heavy atom. The number of thiophene rings is 1. The summed E-state index contributed by atoms with van der Waals surface area (Å²) >= 11 is 4.58. The number of carbonyl (C=O) groups is 2. The van der Waals surface area contributed by atoms with Crippen LogP contribution in [0.2, 0.25) is 0 Å². The van der Waals surface area contributed by atoms with Gasteiger partial charge in [-0.2, -0.15) is 9.78 Å². The Hall–Kier alpha value is -2.96. The molecule has 38 heavy (non-hydrogen) atoms. The maximum absolute atomic E-state index is 12.5. The molecule has 4 heterocycles. The van der Waals surface area contributed by atoms with E-state index in [0.29, 0.717) is 41.1 Å². The van der Waals surface area contributed by atoms with Crippen LogP contribution in [0.1, 0.15) is 75.7 Å². The molecule has 9 nitrogen and oxygen atoms in total. The number of oxazole rings is 1. The first-order valence-corrected chi connectivity index (χ1v) is 15.1. The number of hydrogen-bond donors (Lipinski definition) is 2. The van der Waals surface area contributed by atoms with Crippen LogP contribution in [-0.4, -0.2) is 31.6 Å². The van der Waals surface area contributed by atoms with Crippen LogP contribution in [0.4, 0.5) is 10.9 Å². The first-order valence-electron chi connectivity index (χ1n) is 12.5. The van der Waals surface area contributed by atoms with Gasteiger partial charge in [-0.1, -0.05) is 51.0 Å². The molecule has 0 bridgehead atoms. The van der Waals surface area contributed by atoms with E-state index in [-0.39, 0.29) is 17.2 Å². The molecule has 4 aromatic rings. The first kappa shape index (κ1) is 28.1. The Balaban J connectivity index is 1.10. The van der Waals surface area contributed by atoms with Gasteiger partial charge >= 0.3 is 0 Å². The van der Waals surface area contributed by atoms with E-state index in [4.69, 9.17) is 10.2 Å². The van der Waals surface area contributed by atoms with Crippen molar-refractivity contribution in [3.63, 3.8) is 0 Å². The third-order valence-corrected chi connectivity index (χ3v) is 8.64. The van der Waals surface area contributed by atoms with Crippen LogP contribution in [0.15, 0.2) is 44.6 Å². The first-order chi connectivity index (χ1) is 18.2. The number of aromatic nitrogens is 4. The molecule has 4 aromatic heterocycles. The number of thiazole rings is 1. The molecule has 12 heteroatoms. The SMILES string of the molecule is CC(C)(C)c1cnc(CSc2cnc(NC(=O)CCCCCCC(=O)n3nc(-c4cccs4)cc3N)s2)o1. The summed E-state index contributed by atoms with van der Waals surface area (Å²) in [6.45, 7) is 6.26. The van der Waals surface area contributed by atoms with Crippen molar-refractivity contribution in [3.05, 3.63) is 47.6 Å². The van der Waals surface area contributed by atoms with E-state index in [0.717, 1.165) is 40.5 Å². The van der Waals surface area contributed by atoms with Crippen molar-refractivity contribution in [2.75, 3.05) is 11.1 Å². The molecular formula is C26H32N6O3S3. The smallest absolute Gasteiger partial charge is 0.248 e. The number of unbranched alkanes of at least 4 members (excludes halogenated alkanes) is 3. The van der Waals surface area contributed by atoms with Gasteiger partial charge in [-0.25, -0.2) is 9.97 Å². The fourth-order valence-electron chi connectivity index (χ4n) is 3.58. The zero-order valence-electron chi connectivity index (χ0n) is 21.7. The molecule has 202 valence electrons. The zero-order chi connectivity index (χ0) is 27.1. The Morgan fingerprint density at radius 1 is 1.13 bits per heavy atom. The average molecular weight is 573 g/mol. The van der Waals surface area contributed by atoms with Crippen molar-refractivity contribution in [1.29, 1.82) is 0 Å². The van der Waals surface area contributed by atoms with Crippen LogP contribution >= 0.6 is 34.4 Å². The minimum absolute atomic E-state index is 0.0556. The summed E-state index contributed by atoms with van der Waals surface area (Å²) in [4.78, 5) is 34.4. The number of thioether (sulfide) groups is 1. The summed E-state index contributed by atoms with van der Waals surface area (Å²) < 4.78 is 8.10. The highest BCUT2D eigenvalue weighted by molar-refractivity contribution is 8.00. The molecule has 4 rings (SSSR count). The Kier molecular flexibility index (Phi) is 9.40. The van der Waals surface area contributed by atoms with E-state index < -0.39 is 0 Å². The second-order valence-corrected chi connectivity index (χ2v) is 13.1. The van der Waals surface area contributed by atoms with Crippen molar-refractivity contribution in [3.8, 4) is 10.6 Å². The monoisotopic (exact) mass is 572 g/mol. The van der Waals surface area contributed by atoms with Gasteiger partial charge < -0.3 is 15.5 Å². The Morgan fingerprint density at radius 2 is 1.92 bits per heavy atom. The molecule has 0 aliphatic rings. The van der Waals surface area contributed by atoms with E-state index in [9.17, 15) is 9.59 Å². The Labute approximate surface area is 234 Å². The number of nitrogens with zero attached hydrogens (tertiary/aromatic N) is 4. The number of hydrogen-bond acceptors (Lipinski definition) is 10. The highest BCUT2D eigenvalue weighted by Crippen LogP contribution is 2.32. The quantitative estimate of drug-likeness (QED) is 0.139. The van der Waals surface area contributed by atoms with Crippen molar-refractivity contribution in [2.45, 2.75) is 74.7 Å². The largest absolute Gasteiger partial charge is 0.444 e. The lowest BCUT2D eigenvalue weighted by Crippen LogP contribution is -2.14. The lowest BCUT2D eigenvalue weighted by Gasteiger charge is -2.12. The zero-order valence-corrected chi connectivity index (χ0v) is 24.2. The van der Waals surface area contributed by atoms with Gasteiger partial charge in [0.1, 0.15) is 17.3 Å². The van der Waals surface area contributed by atoms with Crippen molar-refractivity contribution in [1.82, 2.24) is 19.7 Å². The van der Waals surface area contributed by atoms with Gasteiger partial charge in [0.25, 0.3) is 0 Å². The molecule has 0 aromatic carbocycles. The summed E-state index contributed by atoms with van der Waals surface area (Å²) in [7, 11) is 0. The van der Waals surface area contributed by atoms with Crippen molar-refractivity contribution in [2.24, 2.45) is 0 Å². The van der Waals surface area contributed by atoms with Gasteiger partial charge in [0.05, 0.1) is 27.2 Å². The highest BCUT2D eigenvalue weighted by Gasteiger charge is 2.19. The molecule has 0 saturated heterocycles. The van der Waals surface area contributed by atoms with Crippen molar-refractivity contribution < 1.29 is 14.0 Å². The van der Waals surface area contributed by atoms with E-state index in [2.05, 4.69) is 41.2 Å². The standard InChI is InChI=1S/C26H32N6O3S3/c1-26(2,3)19-14-28-22(35-19)16-37-24-15-29-25(38-24)30-21(33)10-6-4-5-7-11-23(34)32-20(27)13-17(31-32)18-9-8-12-36-18/h8-9,12-15H,4-7,10-11,16,27H2,1-3H3,(H,29,30,33). The fourth-order valence-corrected chi connectivity index (χ4v) is 6.01. The minimum Gasteiger partial charge on any atom is -0.444 e.